The van der Waals surface area contributed by atoms with Crippen molar-refractivity contribution < 1.29 is 18.9 Å². The first-order chi connectivity index (χ1) is 19.1. The summed E-state index contributed by atoms with van der Waals surface area (Å²) in [5.74, 6) is 0. The Morgan fingerprint density at radius 1 is 0.718 bits per heavy atom. The van der Waals surface area contributed by atoms with E-state index in [1.807, 2.05) is 91.0 Å². The van der Waals surface area contributed by atoms with Crippen LogP contribution in [0, 0.1) is 0 Å². The van der Waals surface area contributed by atoms with Gasteiger partial charge < -0.3 is 18.9 Å². The summed E-state index contributed by atoms with van der Waals surface area (Å²) in [4.78, 5) is 4.05. The van der Waals surface area contributed by atoms with Crippen molar-refractivity contribution in [1.82, 2.24) is 14.8 Å². The quantitative estimate of drug-likeness (QED) is 0.158. The minimum absolute atomic E-state index is 0.294. The molecule has 1 aromatic heterocycles. The highest BCUT2D eigenvalue weighted by Crippen LogP contribution is 2.38. The lowest BCUT2D eigenvalue weighted by Crippen LogP contribution is -2.57. The number of hydrogen-bond acceptors (Lipinski definition) is 6. The van der Waals surface area contributed by atoms with E-state index in [-0.39, 0.29) is 10.9 Å². The number of hydrogen-bond donors (Lipinski definition) is 0. The second kappa shape index (κ2) is 14.1. The van der Waals surface area contributed by atoms with E-state index in [4.69, 9.17) is 18.9 Å². The van der Waals surface area contributed by atoms with Crippen LogP contribution in [0.2, 0.25) is 0 Å². The minimum Gasteiger partial charge on any atom is -0.374 e. The number of nitrogens with zero attached hydrogens (tertiary/aromatic N) is 3. The molecule has 2 heterocycles. The van der Waals surface area contributed by atoms with Gasteiger partial charge in [0.2, 0.25) is 4.73 Å². The smallest absolute Gasteiger partial charge is 0.218 e. The van der Waals surface area contributed by atoms with Crippen LogP contribution in [0.3, 0.4) is 0 Å². The number of alkyl halides is 1. The number of halogens is 3. The number of rotatable bonds is 11. The molecule has 7 nitrogen and oxygen atoms in total. The fourth-order valence-electron chi connectivity index (χ4n) is 4.44. The third-order valence-electron chi connectivity index (χ3n) is 6.36. The largest absolute Gasteiger partial charge is 0.374 e. The van der Waals surface area contributed by atoms with E-state index < -0.39 is 18.4 Å². The molecule has 0 aliphatic carbocycles. The average molecular weight is 722 g/mol. The Balaban J connectivity index is 1.41. The van der Waals surface area contributed by atoms with Crippen molar-refractivity contribution in [3.8, 4) is 0 Å². The Bertz CT molecular complexity index is 1300. The van der Waals surface area contributed by atoms with Crippen molar-refractivity contribution in [3.63, 3.8) is 0 Å². The van der Waals surface area contributed by atoms with Gasteiger partial charge in [-0.3, -0.25) is 0 Å². The molecular weight excluding hydrogens is 694 g/mol. The molecule has 204 valence electrons. The molecule has 3 aromatic carbocycles. The van der Waals surface area contributed by atoms with Crippen LogP contribution >= 0.6 is 47.8 Å². The van der Waals surface area contributed by atoms with E-state index in [9.17, 15) is 0 Å². The maximum Gasteiger partial charge on any atom is 0.218 e. The fraction of sp³-hybridized carbons (Fsp3) is 0.310. The molecule has 1 fully saturated rings. The zero-order valence-electron chi connectivity index (χ0n) is 21.0. The van der Waals surface area contributed by atoms with E-state index in [0.29, 0.717) is 35.9 Å². The van der Waals surface area contributed by atoms with Crippen molar-refractivity contribution >= 4 is 47.8 Å². The normalized spacial score (nSPS) is 23.1. The van der Waals surface area contributed by atoms with E-state index in [1.165, 1.54) is 0 Å². The molecule has 0 saturated carbocycles. The summed E-state index contributed by atoms with van der Waals surface area (Å²) in [6.45, 7) is 1.61. The summed E-state index contributed by atoms with van der Waals surface area (Å²) in [5.41, 5.74) is 3.23. The van der Waals surface area contributed by atoms with Gasteiger partial charge in [0.15, 0.2) is 11.0 Å². The molecule has 10 heteroatoms. The van der Waals surface area contributed by atoms with Crippen LogP contribution < -0.4 is 0 Å². The van der Waals surface area contributed by atoms with Gasteiger partial charge >= 0.3 is 0 Å². The summed E-state index contributed by atoms with van der Waals surface area (Å²) in [6, 6.07) is 30.3. The molecular formula is C29H28Br3N3O4. The zero-order valence-corrected chi connectivity index (χ0v) is 25.7. The summed E-state index contributed by atoms with van der Waals surface area (Å²) in [7, 11) is 0. The Labute approximate surface area is 253 Å². The highest BCUT2D eigenvalue weighted by atomic mass is 79.9. The summed E-state index contributed by atoms with van der Waals surface area (Å²) in [6.07, 6.45) is -1.77. The van der Waals surface area contributed by atoms with Gasteiger partial charge in [-0.1, -0.05) is 107 Å². The van der Waals surface area contributed by atoms with Crippen LogP contribution in [0.1, 0.15) is 22.9 Å². The number of aromatic nitrogens is 3. The Morgan fingerprint density at radius 3 is 1.74 bits per heavy atom. The first-order valence-corrected chi connectivity index (χ1v) is 15.1. The van der Waals surface area contributed by atoms with Gasteiger partial charge in [-0.05, 0) is 48.6 Å². The standard InChI is InChI=1S/C29H28Br3N3O4/c30-24-26(38-18-22-14-8-3-9-15-22)25(37-17-21-12-6-2-7-13-21)23(19-36-16-20-10-4-1-5-11-20)39-27(24)35-29(32)33-28(31)34-35/h1-15,23-27H,16-19H2/t23-,24+,25-,26-,27+/m1/s1. The topological polar surface area (TPSA) is 67.6 Å². The molecule has 1 aliphatic rings. The van der Waals surface area contributed by atoms with Gasteiger partial charge in [-0.2, -0.15) is 4.98 Å². The predicted molar refractivity (Wildman–Crippen MR) is 158 cm³/mol. The highest BCUT2D eigenvalue weighted by molar-refractivity contribution is 9.11. The van der Waals surface area contributed by atoms with E-state index in [1.54, 1.807) is 4.68 Å². The molecule has 5 rings (SSSR count). The predicted octanol–water partition coefficient (Wildman–Crippen LogP) is 6.85. The second-order valence-electron chi connectivity index (χ2n) is 9.13. The van der Waals surface area contributed by atoms with Gasteiger partial charge in [0.25, 0.3) is 0 Å². The molecule has 1 aliphatic heterocycles. The first kappa shape index (κ1) is 28.6. The van der Waals surface area contributed by atoms with Crippen molar-refractivity contribution in [2.45, 2.75) is 49.2 Å². The average Bonchev–Trinajstić information content (AvgIpc) is 3.31. The second-order valence-corrected chi connectivity index (χ2v) is 11.6. The Morgan fingerprint density at radius 2 is 1.23 bits per heavy atom. The Hall–Kier alpha value is -1.92. The Kier molecular flexibility index (Phi) is 10.4. The van der Waals surface area contributed by atoms with E-state index in [2.05, 4.69) is 57.9 Å². The van der Waals surface area contributed by atoms with Crippen LogP contribution in [-0.2, 0) is 38.8 Å². The maximum atomic E-state index is 6.63. The summed E-state index contributed by atoms with van der Waals surface area (Å²) < 4.78 is 28.6. The van der Waals surface area contributed by atoms with Crippen LogP contribution in [0.4, 0.5) is 0 Å². The third kappa shape index (κ3) is 7.64. The van der Waals surface area contributed by atoms with Gasteiger partial charge in [0, 0.05) is 0 Å². The third-order valence-corrected chi connectivity index (χ3v) is 8.21. The van der Waals surface area contributed by atoms with Crippen molar-refractivity contribution in [1.29, 1.82) is 0 Å². The summed E-state index contributed by atoms with van der Waals surface area (Å²) in [5, 5.41) is 4.50. The molecule has 0 radical (unpaired) electrons. The van der Waals surface area contributed by atoms with Crippen molar-refractivity contribution in [2.75, 3.05) is 6.61 Å². The molecule has 5 atom stereocenters. The van der Waals surface area contributed by atoms with Crippen LogP contribution in [-0.4, -0.2) is 44.5 Å². The fourth-order valence-corrected chi connectivity index (χ4v) is 6.27. The van der Waals surface area contributed by atoms with Crippen LogP contribution in [0.5, 0.6) is 0 Å². The lowest BCUT2D eigenvalue weighted by atomic mass is 9.99. The minimum atomic E-state index is -0.527. The molecule has 0 spiro atoms. The maximum absolute atomic E-state index is 6.63. The monoisotopic (exact) mass is 719 g/mol. The van der Waals surface area contributed by atoms with Gasteiger partial charge in [0.05, 0.1) is 31.3 Å². The molecule has 39 heavy (non-hydrogen) atoms. The van der Waals surface area contributed by atoms with Gasteiger partial charge in [-0.15, -0.1) is 5.10 Å². The molecule has 0 N–H and O–H groups in total. The van der Waals surface area contributed by atoms with E-state index >= 15 is 0 Å². The van der Waals surface area contributed by atoms with Gasteiger partial charge in [0.1, 0.15) is 18.3 Å². The SMILES string of the molecule is Brc1nc(Br)n([C@H]2O[C@H](COCc3ccccc3)[C@@H](OCc3ccccc3)[C@H](OCc3ccccc3)[C@@H]2Br)n1. The first-order valence-electron chi connectivity index (χ1n) is 12.6. The summed E-state index contributed by atoms with van der Waals surface area (Å²) >= 11 is 10.8. The lowest BCUT2D eigenvalue weighted by Gasteiger charge is -2.44. The zero-order chi connectivity index (χ0) is 27.0. The van der Waals surface area contributed by atoms with E-state index in [0.717, 1.165) is 16.7 Å². The number of ether oxygens (including phenoxy) is 4. The van der Waals surface area contributed by atoms with Crippen molar-refractivity contribution in [2.24, 2.45) is 0 Å². The molecule has 1 saturated heterocycles. The number of benzene rings is 3. The molecule has 0 bridgehead atoms. The highest BCUT2D eigenvalue weighted by Gasteiger charge is 2.48. The lowest BCUT2D eigenvalue weighted by molar-refractivity contribution is -0.234. The van der Waals surface area contributed by atoms with Crippen LogP contribution in [0.25, 0.3) is 0 Å². The van der Waals surface area contributed by atoms with Gasteiger partial charge in [-0.25, -0.2) is 4.68 Å². The molecule has 4 aromatic rings. The molecule has 0 unspecified atom stereocenters. The van der Waals surface area contributed by atoms with Crippen molar-refractivity contribution in [3.05, 3.63) is 117 Å². The molecule has 0 amide bonds. The van der Waals surface area contributed by atoms with Crippen LogP contribution in [0.15, 0.2) is 100 Å².